The van der Waals surface area contributed by atoms with Crippen LogP contribution in [0.2, 0.25) is 0 Å². The zero-order valence-electron chi connectivity index (χ0n) is 9.25. The maximum absolute atomic E-state index is 10.8. The van der Waals surface area contributed by atoms with Crippen LogP contribution in [-0.4, -0.2) is 35.7 Å². The second-order valence-electron chi connectivity index (χ2n) is 3.81. The first-order valence-electron chi connectivity index (χ1n) is 5.03. The zero-order valence-corrected chi connectivity index (χ0v) is 10.1. The van der Waals surface area contributed by atoms with Gasteiger partial charge in [-0.25, -0.2) is 0 Å². The van der Waals surface area contributed by atoms with Crippen LogP contribution in [0.15, 0.2) is 0 Å². The highest BCUT2D eigenvalue weighted by atomic mass is 32.2. The zero-order chi connectivity index (χ0) is 11.0. The lowest BCUT2D eigenvalue weighted by atomic mass is 10.1. The standard InChI is InChI=1S/C10H21NO2S/c1-8(2)4-6-11-9(10(12)13)5-7-14-3/h8-9,11H,4-7H2,1-3H3,(H,12,13)/t9-/m0/s1. The van der Waals surface area contributed by atoms with Crippen molar-refractivity contribution in [1.82, 2.24) is 5.32 Å². The van der Waals surface area contributed by atoms with Crippen LogP contribution >= 0.6 is 11.8 Å². The van der Waals surface area contributed by atoms with Crippen LogP contribution in [0.4, 0.5) is 0 Å². The molecule has 0 heterocycles. The fourth-order valence-electron chi connectivity index (χ4n) is 1.09. The van der Waals surface area contributed by atoms with E-state index in [-0.39, 0.29) is 6.04 Å². The van der Waals surface area contributed by atoms with Gasteiger partial charge in [-0.1, -0.05) is 13.8 Å². The highest BCUT2D eigenvalue weighted by Gasteiger charge is 2.15. The molecule has 0 aromatic rings. The van der Waals surface area contributed by atoms with E-state index in [0.29, 0.717) is 12.3 Å². The summed E-state index contributed by atoms with van der Waals surface area (Å²) in [6.07, 6.45) is 3.73. The van der Waals surface area contributed by atoms with Crippen molar-refractivity contribution in [2.24, 2.45) is 5.92 Å². The van der Waals surface area contributed by atoms with E-state index in [9.17, 15) is 4.79 Å². The summed E-state index contributed by atoms with van der Waals surface area (Å²) in [4.78, 5) is 10.8. The molecule has 0 spiro atoms. The van der Waals surface area contributed by atoms with Crippen molar-refractivity contribution in [3.8, 4) is 0 Å². The van der Waals surface area contributed by atoms with Crippen molar-refractivity contribution in [2.75, 3.05) is 18.6 Å². The van der Waals surface area contributed by atoms with Gasteiger partial charge < -0.3 is 10.4 Å². The first-order valence-corrected chi connectivity index (χ1v) is 6.42. The predicted molar refractivity (Wildman–Crippen MR) is 61.9 cm³/mol. The molecule has 0 saturated carbocycles. The predicted octanol–water partition coefficient (Wildman–Crippen LogP) is 1.83. The molecule has 0 radical (unpaired) electrons. The van der Waals surface area contributed by atoms with Gasteiger partial charge in [0.1, 0.15) is 6.04 Å². The van der Waals surface area contributed by atoms with Crippen molar-refractivity contribution < 1.29 is 9.90 Å². The van der Waals surface area contributed by atoms with E-state index in [1.54, 1.807) is 11.8 Å². The van der Waals surface area contributed by atoms with Crippen molar-refractivity contribution in [2.45, 2.75) is 32.7 Å². The summed E-state index contributed by atoms with van der Waals surface area (Å²) in [6.45, 7) is 5.07. The van der Waals surface area contributed by atoms with E-state index < -0.39 is 5.97 Å². The Kier molecular flexibility index (Phi) is 7.99. The lowest BCUT2D eigenvalue weighted by molar-refractivity contribution is -0.139. The van der Waals surface area contributed by atoms with Crippen molar-refractivity contribution in [3.63, 3.8) is 0 Å². The fraction of sp³-hybridized carbons (Fsp3) is 0.900. The maximum Gasteiger partial charge on any atom is 0.320 e. The van der Waals surface area contributed by atoms with Crippen LogP contribution in [-0.2, 0) is 4.79 Å². The summed E-state index contributed by atoms with van der Waals surface area (Å²) in [7, 11) is 0. The van der Waals surface area contributed by atoms with Gasteiger partial charge in [0.05, 0.1) is 0 Å². The van der Waals surface area contributed by atoms with E-state index in [0.717, 1.165) is 18.7 Å². The molecule has 0 saturated heterocycles. The van der Waals surface area contributed by atoms with E-state index in [4.69, 9.17) is 5.11 Å². The molecule has 0 aromatic heterocycles. The molecule has 0 aliphatic carbocycles. The summed E-state index contributed by atoms with van der Waals surface area (Å²) in [5.74, 6) is 0.784. The third kappa shape index (κ3) is 7.21. The second kappa shape index (κ2) is 8.12. The van der Waals surface area contributed by atoms with Crippen LogP contribution in [0.3, 0.4) is 0 Å². The van der Waals surface area contributed by atoms with Crippen LogP contribution in [0.5, 0.6) is 0 Å². The third-order valence-electron chi connectivity index (χ3n) is 2.02. The topological polar surface area (TPSA) is 49.3 Å². The van der Waals surface area contributed by atoms with Crippen molar-refractivity contribution in [1.29, 1.82) is 0 Å². The molecule has 0 rings (SSSR count). The average Bonchev–Trinajstić information content (AvgIpc) is 2.09. The van der Waals surface area contributed by atoms with E-state index in [1.165, 1.54) is 0 Å². The normalized spacial score (nSPS) is 13.1. The maximum atomic E-state index is 10.8. The van der Waals surface area contributed by atoms with E-state index in [1.807, 2.05) is 6.26 Å². The van der Waals surface area contributed by atoms with Gasteiger partial charge in [-0.15, -0.1) is 0 Å². The molecular weight excluding hydrogens is 198 g/mol. The van der Waals surface area contributed by atoms with Gasteiger partial charge in [-0.2, -0.15) is 11.8 Å². The van der Waals surface area contributed by atoms with Gasteiger partial charge >= 0.3 is 5.97 Å². The van der Waals surface area contributed by atoms with Crippen molar-refractivity contribution in [3.05, 3.63) is 0 Å². The monoisotopic (exact) mass is 219 g/mol. The van der Waals surface area contributed by atoms with Gasteiger partial charge in [-0.3, -0.25) is 4.79 Å². The molecular formula is C10H21NO2S. The molecule has 1 atom stereocenters. The van der Waals surface area contributed by atoms with E-state index in [2.05, 4.69) is 19.2 Å². The van der Waals surface area contributed by atoms with Crippen LogP contribution in [0.1, 0.15) is 26.7 Å². The molecule has 0 aliphatic heterocycles. The Bertz CT molecular complexity index is 162. The van der Waals surface area contributed by atoms with Crippen LogP contribution < -0.4 is 5.32 Å². The number of carboxylic acid groups (broad SMARTS) is 1. The molecule has 84 valence electrons. The Hall–Kier alpha value is -0.220. The molecule has 0 bridgehead atoms. The van der Waals surface area contributed by atoms with E-state index >= 15 is 0 Å². The highest BCUT2D eigenvalue weighted by Crippen LogP contribution is 2.02. The molecule has 3 nitrogen and oxygen atoms in total. The molecule has 0 aromatic carbocycles. The number of nitrogens with one attached hydrogen (secondary N) is 1. The van der Waals surface area contributed by atoms with Crippen molar-refractivity contribution >= 4 is 17.7 Å². The second-order valence-corrected chi connectivity index (χ2v) is 4.79. The van der Waals surface area contributed by atoms with Gasteiger partial charge in [0.15, 0.2) is 0 Å². The Morgan fingerprint density at radius 3 is 2.50 bits per heavy atom. The molecule has 0 amide bonds. The highest BCUT2D eigenvalue weighted by molar-refractivity contribution is 7.98. The minimum Gasteiger partial charge on any atom is -0.480 e. The number of carboxylic acids is 1. The Morgan fingerprint density at radius 1 is 1.43 bits per heavy atom. The number of aliphatic carboxylic acids is 1. The minimum atomic E-state index is -0.734. The average molecular weight is 219 g/mol. The molecule has 4 heteroatoms. The first-order chi connectivity index (χ1) is 6.57. The Morgan fingerprint density at radius 2 is 2.07 bits per heavy atom. The summed E-state index contributed by atoms with van der Waals surface area (Å²) in [6, 6.07) is -0.374. The molecule has 0 unspecified atom stereocenters. The Labute approximate surface area is 90.7 Å². The largest absolute Gasteiger partial charge is 0.480 e. The lowest BCUT2D eigenvalue weighted by Gasteiger charge is -2.14. The van der Waals surface area contributed by atoms with Crippen LogP contribution in [0.25, 0.3) is 0 Å². The Balaban J connectivity index is 3.68. The lowest BCUT2D eigenvalue weighted by Crippen LogP contribution is -2.38. The van der Waals surface area contributed by atoms with Gasteiger partial charge in [0, 0.05) is 0 Å². The van der Waals surface area contributed by atoms with Crippen LogP contribution in [0, 0.1) is 5.92 Å². The number of carbonyl (C=O) groups is 1. The molecule has 0 aliphatic rings. The van der Waals surface area contributed by atoms with Gasteiger partial charge in [0.2, 0.25) is 0 Å². The van der Waals surface area contributed by atoms with Gasteiger partial charge in [-0.05, 0) is 37.3 Å². The number of rotatable bonds is 8. The summed E-state index contributed by atoms with van der Waals surface area (Å²) in [5.41, 5.74) is 0. The smallest absolute Gasteiger partial charge is 0.320 e. The summed E-state index contributed by atoms with van der Waals surface area (Å²) >= 11 is 1.68. The number of hydrogen-bond donors (Lipinski definition) is 2. The number of thioether (sulfide) groups is 1. The first kappa shape index (κ1) is 13.8. The quantitative estimate of drug-likeness (QED) is 0.654. The third-order valence-corrected chi connectivity index (χ3v) is 2.67. The minimum absolute atomic E-state index is 0.374. The summed E-state index contributed by atoms with van der Waals surface area (Å²) < 4.78 is 0. The summed E-state index contributed by atoms with van der Waals surface area (Å²) in [5, 5.41) is 12.0. The molecule has 14 heavy (non-hydrogen) atoms. The molecule has 2 N–H and O–H groups in total. The van der Waals surface area contributed by atoms with Gasteiger partial charge in [0.25, 0.3) is 0 Å². The fourth-order valence-corrected chi connectivity index (χ4v) is 1.57. The SMILES string of the molecule is CSCC[C@H](NCCC(C)C)C(=O)O. The molecule has 0 fully saturated rings. The number of hydrogen-bond acceptors (Lipinski definition) is 3.